The van der Waals surface area contributed by atoms with E-state index in [4.69, 9.17) is 0 Å². The SMILES string of the molecule is Cc1cnc(-c2cc(C(=O)N[C@H](C)c3cnc(C(F)(F)F)nc3)cc3nn(CCCF)cc23)s1. The molecule has 1 N–H and O–H groups in total. The minimum Gasteiger partial charge on any atom is -0.345 e. The van der Waals surface area contributed by atoms with Crippen molar-refractivity contribution in [1.82, 2.24) is 30.0 Å². The van der Waals surface area contributed by atoms with Gasteiger partial charge in [-0.2, -0.15) is 18.3 Å². The lowest BCUT2D eigenvalue weighted by Gasteiger charge is -2.15. The van der Waals surface area contributed by atoms with Crippen molar-refractivity contribution in [2.75, 3.05) is 6.67 Å². The Morgan fingerprint density at radius 1 is 1.18 bits per heavy atom. The molecule has 0 fully saturated rings. The van der Waals surface area contributed by atoms with Gasteiger partial charge in [-0.3, -0.25) is 13.9 Å². The van der Waals surface area contributed by atoms with Gasteiger partial charge in [-0.1, -0.05) is 0 Å². The van der Waals surface area contributed by atoms with Crippen LogP contribution in [0.5, 0.6) is 0 Å². The number of alkyl halides is 4. The Morgan fingerprint density at radius 3 is 2.53 bits per heavy atom. The molecule has 12 heteroatoms. The van der Waals surface area contributed by atoms with Gasteiger partial charge in [0.2, 0.25) is 5.82 Å². The van der Waals surface area contributed by atoms with Gasteiger partial charge in [0.1, 0.15) is 5.01 Å². The molecule has 0 unspecified atom stereocenters. The van der Waals surface area contributed by atoms with Crippen LogP contribution in [0.15, 0.2) is 36.9 Å². The topological polar surface area (TPSA) is 85.6 Å². The lowest BCUT2D eigenvalue weighted by Crippen LogP contribution is -2.27. The molecule has 4 aromatic rings. The zero-order valence-electron chi connectivity index (χ0n) is 18.2. The number of fused-ring (bicyclic) bond motifs is 1. The van der Waals surface area contributed by atoms with E-state index in [1.807, 2.05) is 6.92 Å². The van der Waals surface area contributed by atoms with E-state index in [1.165, 1.54) is 11.3 Å². The average molecular weight is 493 g/mol. The summed E-state index contributed by atoms with van der Waals surface area (Å²) in [5, 5.41) is 8.74. The maximum absolute atomic E-state index is 13.0. The number of aromatic nitrogens is 5. The first-order valence-electron chi connectivity index (χ1n) is 10.4. The predicted octanol–water partition coefficient (Wildman–Crippen LogP) is 5.13. The van der Waals surface area contributed by atoms with Gasteiger partial charge in [-0.15, -0.1) is 11.3 Å². The number of rotatable bonds is 7. The zero-order chi connectivity index (χ0) is 24.5. The van der Waals surface area contributed by atoms with Crippen molar-refractivity contribution < 1.29 is 22.4 Å². The highest BCUT2D eigenvalue weighted by Gasteiger charge is 2.34. The third-order valence-corrected chi connectivity index (χ3v) is 6.03. The molecular formula is C22H20F4N6OS. The highest BCUT2D eigenvalue weighted by molar-refractivity contribution is 7.15. The average Bonchev–Trinajstić information content (AvgIpc) is 3.42. The van der Waals surface area contributed by atoms with Crippen molar-refractivity contribution in [3.05, 3.63) is 58.7 Å². The van der Waals surface area contributed by atoms with Crippen LogP contribution in [-0.2, 0) is 12.7 Å². The second-order valence-electron chi connectivity index (χ2n) is 7.70. The summed E-state index contributed by atoms with van der Waals surface area (Å²) in [6.45, 7) is 3.48. The van der Waals surface area contributed by atoms with E-state index in [9.17, 15) is 22.4 Å². The number of benzene rings is 1. The summed E-state index contributed by atoms with van der Waals surface area (Å²) >= 11 is 1.47. The van der Waals surface area contributed by atoms with E-state index in [0.717, 1.165) is 28.2 Å². The first-order chi connectivity index (χ1) is 16.2. The van der Waals surface area contributed by atoms with E-state index < -0.39 is 30.6 Å². The number of hydrogen-bond donors (Lipinski definition) is 1. The largest absolute Gasteiger partial charge is 0.451 e. The van der Waals surface area contributed by atoms with Crippen LogP contribution in [0.2, 0.25) is 0 Å². The number of amides is 1. The summed E-state index contributed by atoms with van der Waals surface area (Å²) in [5.41, 5.74) is 1.91. The summed E-state index contributed by atoms with van der Waals surface area (Å²) in [4.78, 5) is 25.1. The Labute approximate surface area is 195 Å². The molecule has 3 heterocycles. The van der Waals surface area contributed by atoms with Gasteiger partial charge in [0, 0.05) is 58.3 Å². The lowest BCUT2D eigenvalue weighted by molar-refractivity contribution is -0.145. The quantitative estimate of drug-likeness (QED) is 0.362. The van der Waals surface area contributed by atoms with Crippen LogP contribution < -0.4 is 5.32 Å². The van der Waals surface area contributed by atoms with Crippen molar-refractivity contribution in [2.45, 2.75) is 39.0 Å². The van der Waals surface area contributed by atoms with E-state index in [0.29, 0.717) is 34.6 Å². The smallest absolute Gasteiger partial charge is 0.345 e. The fraction of sp³-hybridized carbons (Fsp3) is 0.318. The van der Waals surface area contributed by atoms with Gasteiger partial charge in [0.05, 0.1) is 18.2 Å². The number of nitrogens with one attached hydrogen (secondary N) is 1. The summed E-state index contributed by atoms with van der Waals surface area (Å²) in [7, 11) is 0. The van der Waals surface area contributed by atoms with Crippen LogP contribution in [0.1, 0.15) is 46.0 Å². The van der Waals surface area contributed by atoms with Crippen molar-refractivity contribution in [1.29, 1.82) is 0 Å². The molecule has 1 atom stereocenters. The van der Waals surface area contributed by atoms with E-state index in [2.05, 4.69) is 25.4 Å². The van der Waals surface area contributed by atoms with Gasteiger partial charge >= 0.3 is 6.18 Å². The molecule has 0 saturated carbocycles. The molecule has 178 valence electrons. The second kappa shape index (κ2) is 9.45. The summed E-state index contributed by atoms with van der Waals surface area (Å²) in [6.07, 6.45) is 1.30. The molecule has 0 aliphatic rings. The summed E-state index contributed by atoms with van der Waals surface area (Å²) < 4.78 is 52.4. The first kappa shape index (κ1) is 23.7. The highest BCUT2D eigenvalue weighted by atomic mass is 32.1. The number of nitrogens with zero attached hydrogens (tertiary/aromatic N) is 5. The molecule has 0 aliphatic heterocycles. The molecule has 0 aliphatic carbocycles. The van der Waals surface area contributed by atoms with Crippen LogP contribution in [-0.4, -0.2) is 37.3 Å². The fourth-order valence-electron chi connectivity index (χ4n) is 3.37. The second-order valence-corrected chi connectivity index (χ2v) is 8.94. The Bertz CT molecular complexity index is 1320. The molecular weight excluding hydrogens is 472 g/mol. The monoisotopic (exact) mass is 492 g/mol. The number of carbonyl (C=O) groups excluding carboxylic acids is 1. The molecule has 0 saturated heterocycles. The normalized spacial score (nSPS) is 12.8. The predicted molar refractivity (Wildman–Crippen MR) is 119 cm³/mol. The molecule has 0 bridgehead atoms. The maximum atomic E-state index is 13.0. The number of thiazole rings is 1. The van der Waals surface area contributed by atoms with E-state index >= 15 is 0 Å². The Hall–Kier alpha value is -3.41. The summed E-state index contributed by atoms with van der Waals surface area (Å²) in [5.74, 6) is -1.69. The van der Waals surface area contributed by atoms with Gasteiger partial charge in [0.15, 0.2) is 0 Å². The van der Waals surface area contributed by atoms with E-state index in [1.54, 1.807) is 36.1 Å². The van der Waals surface area contributed by atoms with Crippen LogP contribution in [0.4, 0.5) is 17.6 Å². The molecule has 3 aromatic heterocycles. The Morgan fingerprint density at radius 2 is 1.91 bits per heavy atom. The fourth-order valence-corrected chi connectivity index (χ4v) is 4.16. The van der Waals surface area contributed by atoms with Crippen molar-refractivity contribution in [3.63, 3.8) is 0 Å². The van der Waals surface area contributed by atoms with Crippen molar-refractivity contribution in [3.8, 4) is 10.6 Å². The van der Waals surface area contributed by atoms with Crippen molar-refractivity contribution in [2.24, 2.45) is 0 Å². The van der Waals surface area contributed by atoms with Crippen molar-refractivity contribution >= 4 is 28.1 Å². The molecule has 1 amide bonds. The van der Waals surface area contributed by atoms with Gasteiger partial charge in [-0.25, -0.2) is 15.0 Å². The Kier molecular flexibility index (Phi) is 6.60. The third kappa shape index (κ3) is 5.06. The molecule has 7 nitrogen and oxygen atoms in total. The van der Waals surface area contributed by atoms with Crippen LogP contribution in [0.25, 0.3) is 21.5 Å². The summed E-state index contributed by atoms with van der Waals surface area (Å²) in [6, 6.07) is 2.68. The number of halogens is 4. The highest BCUT2D eigenvalue weighted by Crippen LogP contribution is 2.33. The number of hydrogen-bond acceptors (Lipinski definition) is 6. The van der Waals surface area contributed by atoms with Gasteiger partial charge in [0.25, 0.3) is 5.91 Å². The minimum atomic E-state index is -4.64. The van der Waals surface area contributed by atoms with Crippen LogP contribution in [0, 0.1) is 6.92 Å². The molecule has 0 spiro atoms. The number of carbonyl (C=O) groups is 1. The van der Waals surface area contributed by atoms with E-state index in [-0.39, 0.29) is 0 Å². The molecule has 34 heavy (non-hydrogen) atoms. The molecule has 0 radical (unpaired) electrons. The first-order valence-corrected chi connectivity index (χ1v) is 11.2. The van der Waals surface area contributed by atoms with Gasteiger partial charge < -0.3 is 5.32 Å². The standard InChI is InChI=1S/C22H20F4N6OS/c1-12-8-27-20(34-12)16-6-14(7-18-17(16)11-32(31-18)5-3-4-23)19(33)30-13(2)15-9-28-21(29-10-15)22(24,25)26/h6-11,13H,3-5H2,1-2H3,(H,30,33)/t13-/m1/s1. The molecule has 4 rings (SSSR count). The lowest BCUT2D eigenvalue weighted by atomic mass is 10.1. The minimum absolute atomic E-state index is 0.311. The van der Waals surface area contributed by atoms with Crippen LogP contribution >= 0.6 is 11.3 Å². The third-order valence-electron chi connectivity index (χ3n) is 5.08. The zero-order valence-corrected chi connectivity index (χ0v) is 19.0. The van der Waals surface area contributed by atoms with Gasteiger partial charge in [-0.05, 0) is 32.4 Å². The number of aryl methyl sites for hydroxylation is 2. The Balaban J connectivity index is 1.64. The maximum Gasteiger partial charge on any atom is 0.451 e. The molecule has 1 aromatic carbocycles. The van der Waals surface area contributed by atoms with Crippen LogP contribution in [0.3, 0.4) is 0 Å².